The van der Waals surface area contributed by atoms with Crippen LogP contribution in [0.1, 0.15) is 52.4 Å². The maximum Gasteiger partial charge on any atom is 0.206 e. The SMILES string of the molecule is C[C@@H]1CCCCN1C[C@H](O)COc1ccc(S(=O)(=O)c2ccc(OC[C@H](O)CN3CCCC[C@H]3C)cc2)cc1. The molecule has 0 saturated carbocycles. The third-order valence-electron chi connectivity index (χ3n) is 7.92. The summed E-state index contributed by atoms with van der Waals surface area (Å²) in [5.74, 6) is 1.03. The Hall–Kier alpha value is -2.17. The Labute approximate surface area is 233 Å². The Bertz CT molecular complexity index is 1040. The molecule has 4 atom stereocenters. The number of nitrogens with zero attached hydrogens (tertiary/aromatic N) is 2. The molecule has 2 heterocycles. The quantitative estimate of drug-likeness (QED) is 0.405. The van der Waals surface area contributed by atoms with Gasteiger partial charge in [0.1, 0.15) is 36.9 Å². The van der Waals surface area contributed by atoms with Crippen molar-refractivity contribution in [2.24, 2.45) is 0 Å². The van der Waals surface area contributed by atoms with Gasteiger partial charge in [-0.3, -0.25) is 9.80 Å². The van der Waals surface area contributed by atoms with E-state index in [2.05, 4.69) is 23.6 Å². The fraction of sp³-hybridized carbons (Fsp3) is 0.600. The van der Waals surface area contributed by atoms with Gasteiger partial charge in [0.05, 0.1) is 9.79 Å². The van der Waals surface area contributed by atoms with Crippen molar-refractivity contribution >= 4 is 9.84 Å². The maximum absolute atomic E-state index is 13.1. The summed E-state index contributed by atoms with van der Waals surface area (Å²) < 4.78 is 37.7. The van der Waals surface area contributed by atoms with Crippen LogP contribution in [0.2, 0.25) is 0 Å². The van der Waals surface area contributed by atoms with Gasteiger partial charge in [0.15, 0.2) is 0 Å². The lowest BCUT2D eigenvalue weighted by molar-refractivity contribution is 0.0437. The molecule has 2 fully saturated rings. The second kappa shape index (κ2) is 13.9. The lowest BCUT2D eigenvalue weighted by atomic mass is 10.0. The molecule has 0 unspecified atom stereocenters. The summed E-state index contributed by atoms with van der Waals surface area (Å²) in [4.78, 5) is 4.92. The van der Waals surface area contributed by atoms with Crippen molar-refractivity contribution in [1.82, 2.24) is 9.80 Å². The van der Waals surface area contributed by atoms with E-state index in [9.17, 15) is 18.6 Å². The van der Waals surface area contributed by atoms with Crippen LogP contribution in [0.3, 0.4) is 0 Å². The van der Waals surface area contributed by atoms with Gasteiger partial charge in [0, 0.05) is 25.2 Å². The van der Waals surface area contributed by atoms with Crippen molar-refractivity contribution in [2.75, 3.05) is 39.4 Å². The molecule has 2 aliphatic rings. The molecule has 0 aromatic heterocycles. The van der Waals surface area contributed by atoms with E-state index in [1.54, 1.807) is 24.3 Å². The molecule has 2 aromatic carbocycles. The minimum atomic E-state index is -3.71. The molecule has 2 aromatic rings. The molecule has 2 N–H and O–H groups in total. The Morgan fingerprint density at radius 3 is 1.46 bits per heavy atom. The van der Waals surface area contributed by atoms with E-state index in [0.29, 0.717) is 36.7 Å². The molecule has 2 saturated heterocycles. The molecule has 2 aliphatic heterocycles. The Kier molecular flexibility index (Phi) is 10.7. The minimum Gasteiger partial charge on any atom is -0.491 e. The summed E-state index contributed by atoms with van der Waals surface area (Å²) in [6, 6.07) is 13.5. The minimum absolute atomic E-state index is 0.155. The van der Waals surface area contributed by atoms with E-state index in [1.807, 2.05) is 0 Å². The van der Waals surface area contributed by atoms with Crippen molar-refractivity contribution in [2.45, 2.75) is 86.5 Å². The Morgan fingerprint density at radius 1 is 0.718 bits per heavy atom. The van der Waals surface area contributed by atoms with Crippen LogP contribution in [0, 0.1) is 0 Å². The van der Waals surface area contributed by atoms with Crippen LogP contribution < -0.4 is 9.47 Å². The lowest BCUT2D eigenvalue weighted by Crippen LogP contribution is -2.43. The summed E-state index contributed by atoms with van der Waals surface area (Å²) in [5.41, 5.74) is 0. The van der Waals surface area contributed by atoms with Crippen LogP contribution in [0.5, 0.6) is 11.5 Å². The van der Waals surface area contributed by atoms with Crippen LogP contribution in [0.15, 0.2) is 58.3 Å². The lowest BCUT2D eigenvalue weighted by Gasteiger charge is -2.34. The number of benzene rings is 2. The molecule has 216 valence electrons. The maximum atomic E-state index is 13.1. The number of β-amino-alcohol motifs (C(OH)–C–C–N with tert-alkyl or cyclic N) is 2. The van der Waals surface area contributed by atoms with Gasteiger partial charge in [-0.15, -0.1) is 0 Å². The first-order valence-electron chi connectivity index (χ1n) is 14.3. The molecule has 0 spiro atoms. The fourth-order valence-corrected chi connectivity index (χ4v) is 6.72. The van der Waals surface area contributed by atoms with E-state index in [1.165, 1.54) is 37.1 Å². The number of rotatable bonds is 12. The summed E-state index contributed by atoms with van der Waals surface area (Å²) in [6.45, 7) is 7.83. The number of piperidine rings is 2. The summed E-state index contributed by atoms with van der Waals surface area (Å²) in [6.07, 6.45) is 5.88. The summed E-state index contributed by atoms with van der Waals surface area (Å²) >= 11 is 0. The summed E-state index contributed by atoms with van der Waals surface area (Å²) in [5, 5.41) is 20.8. The summed E-state index contributed by atoms with van der Waals surface area (Å²) in [7, 11) is -3.71. The third kappa shape index (κ3) is 8.41. The smallest absolute Gasteiger partial charge is 0.206 e. The largest absolute Gasteiger partial charge is 0.491 e. The van der Waals surface area contributed by atoms with Crippen LogP contribution in [0.4, 0.5) is 0 Å². The number of hydrogen-bond donors (Lipinski definition) is 2. The monoisotopic (exact) mass is 560 g/mol. The molecular formula is C30H44N2O6S. The van der Waals surface area contributed by atoms with Gasteiger partial charge < -0.3 is 19.7 Å². The molecule has 4 rings (SSSR count). The molecule has 8 nitrogen and oxygen atoms in total. The highest BCUT2D eigenvalue weighted by molar-refractivity contribution is 7.91. The predicted molar refractivity (Wildman–Crippen MR) is 151 cm³/mol. The zero-order valence-corrected chi connectivity index (χ0v) is 24.1. The van der Waals surface area contributed by atoms with Crippen molar-refractivity contribution in [1.29, 1.82) is 0 Å². The first-order valence-corrected chi connectivity index (χ1v) is 15.8. The first kappa shape index (κ1) is 29.8. The Balaban J connectivity index is 1.25. The van der Waals surface area contributed by atoms with E-state index < -0.39 is 22.0 Å². The number of likely N-dealkylation sites (tertiary alicyclic amines) is 2. The molecule has 9 heteroatoms. The van der Waals surface area contributed by atoms with Crippen molar-refractivity contribution in [3.63, 3.8) is 0 Å². The molecule has 0 aliphatic carbocycles. The van der Waals surface area contributed by atoms with Crippen molar-refractivity contribution in [3.05, 3.63) is 48.5 Å². The third-order valence-corrected chi connectivity index (χ3v) is 9.71. The van der Waals surface area contributed by atoms with E-state index >= 15 is 0 Å². The normalized spacial score (nSPS) is 22.8. The van der Waals surface area contributed by atoms with E-state index in [-0.39, 0.29) is 23.0 Å². The molecule has 0 radical (unpaired) electrons. The van der Waals surface area contributed by atoms with Crippen LogP contribution in [-0.4, -0.2) is 92.1 Å². The standard InChI is InChI=1S/C30H44N2O6S/c1-23-7-3-5-17-31(23)19-25(33)21-37-27-9-13-29(14-10-27)39(35,36)30-15-11-28(12-16-30)38-22-26(34)20-32-18-6-4-8-24(32)2/h9-16,23-26,33-34H,3-8,17-22H2,1-2H3/t23-,24-,25-,26+/m1/s1. The van der Waals surface area contributed by atoms with Gasteiger partial charge in [-0.05, 0) is 101 Å². The number of ether oxygens (including phenoxy) is 2. The van der Waals surface area contributed by atoms with Gasteiger partial charge in [0.25, 0.3) is 0 Å². The van der Waals surface area contributed by atoms with Crippen molar-refractivity contribution in [3.8, 4) is 11.5 Å². The molecule has 0 bridgehead atoms. The zero-order valence-electron chi connectivity index (χ0n) is 23.2. The van der Waals surface area contributed by atoms with Crippen LogP contribution >= 0.6 is 0 Å². The highest BCUT2D eigenvalue weighted by Crippen LogP contribution is 2.25. The number of hydrogen-bond acceptors (Lipinski definition) is 8. The van der Waals surface area contributed by atoms with Gasteiger partial charge in [-0.2, -0.15) is 0 Å². The zero-order chi connectivity index (χ0) is 27.8. The number of aliphatic hydroxyl groups is 2. The molecule has 0 amide bonds. The average molecular weight is 561 g/mol. The highest BCUT2D eigenvalue weighted by atomic mass is 32.2. The van der Waals surface area contributed by atoms with E-state index in [0.717, 1.165) is 38.8 Å². The van der Waals surface area contributed by atoms with Gasteiger partial charge in [-0.1, -0.05) is 12.8 Å². The highest BCUT2D eigenvalue weighted by Gasteiger charge is 2.23. The second-order valence-electron chi connectivity index (χ2n) is 11.1. The Morgan fingerprint density at radius 2 is 1.10 bits per heavy atom. The fourth-order valence-electron chi connectivity index (χ4n) is 5.46. The van der Waals surface area contributed by atoms with E-state index in [4.69, 9.17) is 9.47 Å². The second-order valence-corrected chi connectivity index (χ2v) is 13.0. The van der Waals surface area contributed by atoms with Crippen LogP contribution in [0.25, 0.3) is 0 Å². The number of sulfone groups is 1. The van der Waals surface area contributed by atoms with Gasteiger partial charge in [-0.25, -0.2) is 8.42 Å². The topological polar surface area (TPSA) is 99.5 Å². The first-order chi connectivity index (χ1) is 18.7. The van der Waals surface area contributed by atoms with Gasteiger partial charge in [0.2, 0.25) is 9.84 Å². The predicted octanol–water partition coefficient (Wildman–Crippen LogP) is 3.75. The number of aliphatic hydroxyl groups excluding tert-OH is 2. The molecule has 39 heavy (non-hydrogen) atoms. The van der Waals surface area contributed by atoms with Crippen molar-refractivity contribution < 1.29 is 28.1 Å². The average Bonchev–Trinajstić information content (AvgIpc) is 2.94. The van der Waals surface area contributed by atoms with Crippen LogP contribution in [-0.2, 0) is 9.84 Å². The molecular weight excluding hydrogens is 516 g/mol. The van der Waals surface area contributed by atoms with Gasteiger partial charge >= 0.3 is 0 Å².